The molecule has 2 amide bonds. The molecule has 0 N–H and O–H groups in total. The molecule has 6 heteroatoms. The van der Waals surface area contributed by atoms with E-state index < -0.39 is 0 Å². The minimum absolute atomic E-state index is 0.00392. The van der Waals surface area contributed by atoms with E-state index in [4.69, 9.17) is 16.3 Å². The van der Waals surface area contributed by atoms with Gasteiger partial charge in [0, 0.05) is 5.02 Å². The van der Waals surface area contributed by atoms with Crippen LogP contribution < -0.4 is 0 Å². The number of ether oxygens (including phenoxy) is 1. The minimum atomic E-state index is -0.345. The van der Waals surface area contributed by atoms with Crippen LogP contribution in [-0.2, 0) is 9.53 Å². The Balaban J connectivity index is 1.31. The van der Waals surface area contributed by atoms with Gasteiger partial charge in [-0.2, -0.15) is 0 Å². The maximum Gasteiger partial charge on any atom is 0.309 e. The van der Waals surface area contributed by atoms with E-state index in [-0.39, 0.29) is 42.8 Å². The first-order chi connectivity index (χ1) is 12.6. The maximum absolute atomic E-state index is 12.3. The Bertz CT molecular complexity index is 875. The maximum atomic E-state index is 12.3. The van der Waals surface area contributed by atoms with Crippen LogP contribution >= 0.6 is 11.6 Å². The third kappa shape index (κ3) is 2.88. The largest absolute Gasteiger partial charge is 0.464 e. The molecule has 0 bridgehead atoms. The molecular weight excluding hydrogens is 354 g/mol. The van der Waals surface area contributed by atoms with Crippen molar-refractivity contribution in [3.05, 3.63) is 70.2 Å². The van der Waals surface area contributed by atoms with Gasteiger partial charge in [-0.05, 0) is 36.1 Å². The van der Waals surface area contributed by atoms with Crippen LogP contribution in [0, 0.1) is 5.92 Å². The zero-order valence-corrected chi connectivity index (χ0v) is 14.6. The van der Waals surface area contributed by atoms with E-state index in [1.165, 1.54) is 0 Å². The molecular formula is C20H16ClNO4. The molecule has 132 valence electrons. The first kappa shape index (κ1) is 16.8. The number of imide groups is 1. The molecule has 2 aliphatic rings. The fraction of sp³-hybridized carbons (Fsp3) is 0.250. The molecule has 0 radical (unpaired) electrons. The number of hydrogen-bond acceptors (Lipinski definition) is 4. The molecule has 26 heavy (non-hydrogen) atoms. The summed E-state index contributed by atoms with van der Waals surface area (Å²) in [5.41, 5.74) is 1.74. The van der Waals surface area contributed by atoms with E-state index in [9.17, 15) is 14.4 Å². The molecule has 0 unspecified atom stereocenters. The average molecular weight is 370 g/mol. The van der Waals surface area contributed by atoms with Gasteiger partial charge >= 0.3 is 5.97 Å². The fourth-order valence-corrected chi connectivity index (χ4v) is 3.64. The molecule has 2 atom stereocenters. The van der Waals surface area contributed by atoms with Crippen molar-refractivity contribution in [2.45, 2.75) is 12.3 Å². The van der Waals surface area contributed by atoms with E-state index in [0.29, 0.717) is 22.6 Å². The molecule has 1 heterocycles. The van der Waals surface area contributed by atoms with E-state index >= 15 is 0 Å². The Morgan fingerprint density at radius 1 is 1.04 bits per heavy atom. The number of benzene rings is 2. The van der Waals surface area contributed by atoms with Crippen LogP contribution in [0.5, 0.6) is 0 Å². The van der Waals surface area contributed by atoms with Gasteiger partial charge in [0.1, 0.15) is 6.61 Å². The molecule has 4 rings (SSSR count). The van der Waals surface area contributed by atoms with Gasteiger partial charge in [-0.15, -0.1) is 0 Å². The third-order valence-corrected chi connectivity index (χ3v) is 5.18. The molecule has 0 spiro atoms. The van der Waals surface area contributed by atoms with Gasteiger partial charge in [0.05, 0.1) is 23.6 Å². The molecule has 5 nitrogen and oxygen atoms in total. The van der Waals surface area contributed by atoms with Gasteiger partial charge in [-0.1, -0.05) is 41.9 Å². The zero-order valence-electron chi connectivity index (χ0n) is 13.9. The lowest BCUT2D eigenvalue weighted by molar-refractivity contribution is -0.145. The Hall–Kier alpha value is -2.66. The Kier molecular flexibility index (Phi) is 4.24. The summed E-state index contributed by atoms with van der Waals surface area (Å²) < 4.78 is 5.29. The van der Waals surface area contributed by atoms with Gasteiger partial charge in [-0.3, -0.25) is 19.3 Å². The third-order valence-electron chi connectivity index (χ3n) is 4.84. The number of carbonyl (C=O) groups is 3. The number of halogens is 1. The van der Waals surface area contributed by atoms with Crippen LogP contribution in [0.15, 0.2) is 48.5 Å². The van der Waals surface area contributed by atoms with Crippen molar-refractivity contribution in [3.63, 3.8) is 0 Å². The number of nitrogens with zero attached hydrogens (tertiary/aromatic N) is 1. The van der Waals surface area contributed by atoms with Crippen molar-refractivity contribution >= 4 is 29.4 Å². The minimum Gasteiger partial charge on any atom is -0.464 e. The van der Waals surface area contributed by atoms with Crippen LogP contribution in [0.25, 0.3) is 0 Å². The van der Waals surface area contributed by atoms with Gasteiger partial charge in [0.15, 0.2) is 0 Å². The second-order valence-electron chi connectivity index (χ2n) is 6.45. The second kappa shape index (κ2) is 6.57. The second-order valence-corrected chi connectivity index (χ2v) is 6.85. The molecule has 0 saturated heterocycles. The number of rotatable bonds is 5. The molecule has 0 aromatic heterocycles. The summed E-state index contributed by atoms with van der Waals surface area (Å²) in [5, 5.41) is 0.652. The topological polar surface area (TPSA) is 63.7 Å². The highest BCUT2D eigenvalue weighted by molar-refractivity contribution is 6.31. The van der Waals surface area contributed by atoms with Crippen LogP contribution in [0.3, 0.4) is 0 Å². The van der Waals surface area contributed by atoms with Crippen LogP contribution in [-0.4, -0.2) is 35.8 Å². The molecule has 1 fully saturated rings. The predicted molar refractivity (Wildman–Crippen MR) is 95.1 cm³/mol. The van der Waals surface area contributed by atoms with Gasteiger partial charge in [-0.25, -0.2) is 0 Å². The summed E-state index contributed by atoms with van der Waals surface area (Å²) in [6.07, 6.45) is 0.704. The Morgan fingerprint density at radius 3 is 2.31 bits per heavy atom. The number of hydrogen-bond donors (Lipinski definition) is 0. The normalized spacial score (nSPS) is 20.9. The van der Waals surface area contributed by atoms with Crippen molar-refractivity contribution in [3.8, 4) is 0 Å². The average Bonchev–Trinajstić information content (AvgIpc) is 3.41. The van der Waals surface area contributed by atoms with Gasteiger partial charge in [0.25, 0.3) is 11.8 Å². The monoisotopic (exact) mass is 369 g/mol. The van der Waals surface area contributed by atoms with E-state index in [1.54, 1.807) is 30.3 Å². The summed E-state index contributed by atoms with van der Waals surface area (Å²) in [5.74, 6) is -1.14. The Morgan fingerprint density at radius 2 is 1.65 bits per heavy atom. The Labute approximate surface area is 155 Å². The van der Waals surface area contributed by atoms with Gasteiger partial charge < -0.3 is 4.74 Å². The SMILES string of the molecule is O=C(OCCN1C(=O)c2ccccc2C1=O)[C@H]1C[C@H]1c1ccccc1Cl. The number of amides is 2. The van der Waals surface area contributed by atoms with Crippen molar-refractivity contribution in [2.75, 3.05) is 13.2 Å². The zero-order chi connectivity index (χ0) is 18.3. The summed E-state index contributed by atoms with van der Waals surface area (Å²) >= 11 is 6.16. The molecule has 1 saturated carbocycles. The van der Waals surface area contributed by atoms with E-state index in [0.717, 1.165) is 10.5 Å². The molecule has 1 aliphatic carbocycles. The van der Waals surface area contributed by atoms with Crippen molar-refractivity contribution < 1.29 is 19.1 Å². The number of esters is 1. The lowest BCUT2D eigenvalue weighted by Crippen LogP contribution is -2.33. The highest BCUT2D eigenvalue weighted by Crippen LogP contribution is 2.50. The predicted octanol–water partition coefficient (Wildman–Crippen LogP) is 3.28. The van der Waals surface area contributed by atoms with Crippen LogP contribution in [0.1, 0.15) is 38.6 Å². The van der Waals surface area contributed by atoms with Crippen LogP contribution in [0.4, 0.5) is 0 Å². The van der Waals surface area contributed by atoms with Crippen LogP contribution in [0.2, 0.25) is 5.02 Å². The standard InChI is InChI=1S/C20H16ClNO4/c21-17-8-4-3-5-12(17)15-11-16(15)20(25)26-10-9-22-18(23)13-6-1-2-7-14(13)19(22)24/h1-8,15-16H,9-11H2/t15-,16-/m0/s1. The fourth-order valence-electron chi connectivity index (χ4n) is 3.36. The first-order valence-corrected chi connectivity index (χ1v) is 8.82. The first-order valence-electron chi connectivity index (χ1n) is 8.44. The summed E-state index contributed by atoms with van der Waals surface area (Å²) in [6.45, 7) is 0.0532. The highest BCUT2D eigenvalue weighted by Gasteiger charge is 2.46. The highest BCUT2D eigenvalue weighted by atomic mass is 35.5. The quantitative estimate of drug-likeness (QED) is 0.599. The molecule has 2 aromatic carbocycles. The number of carbonyl (C=O) groups excluding carboxylic acids is 3. The molecule has 1 aliphatic heterocycles. The smallest absolute Gasteiger partial charge is 0.309 e. The van der Waals surface area contributed by atoms with Gasteiger partial charge in [0.2, 0.25) is 0 Å². The summed E-state index contributed by atoms with van der Waals surface area (Å²) in [6, 6.07) is 14.2. The summed E-state index contributed by atoms with van der Waals surface area (Å²) in [4.78, 5) is 37.8. The van der Waals surface area contributed by atoms with E-state index in [2.05, 4.69) is 0 Å². The van der Waals surface area contributed by atoms with Crippen molar-refractivity contribution in [1.29, 1.82) is 0 Å². The summed E-state index contributed by atoms with van der Waals surface area (Å²) in [7, 11) is 0. The van der Waals surface area contributed by atoms with Crippen molar-refractivity contribution in [2.24, 2.45) is 5.92 Å². The molecule has 2 aromatic rings. The number of fused-ring (bicyclic) bond motifs is 1. The lowest BCUT2D eigenvalue weighted by Gasteiger charge is -2.13. The lowest BCUT2D eigenvalue weighted by atomic mass is 10.1. The van der Waals surface area contributed by atoms with E-state index in [1.807, 2.05) is 18.2 Å². The van der Waals surface area contributed by atoms with Crippen molar-refractivity contribution in [1.82, 2.24) is 4.90 Å².